The quantitative estimate of drug-likeness (QED) is 0.206. The van der Waals surface area contributed by atoms with Crippen LogP contribution in [0.2, 0.25) is 0 Å². The first-order chi connectivity index (χ1) is 22.5. The molecule has 0 unspecified atom stereocenters. The number of rotatable bonds is 13. The number of methoxy groups -OCH3 is 1. The van der Waals surface area contributed by atoms with E-state index in [1.807, 2.05) is 18.7 Å². The zero-order chi connectivity index (χ0) is 34.3. The zero-order valence-corrected chi connectivity index (χ0v) is 26.8. The number of aromatic nitrogens is 3. The normalized spacial score (nSPS) is 18.1. The van der Waals surface area contributed by atoms with Crippen molar-refractivity contribution in [1.29, 1.82) is 0 Å². The molecule has 0 saturated carbocycles. The average molecular weight is 663 g/mol. The maximum atomic E-state index is 14.7. The van der Waals surface area contributed by atoms with E-state index in [-0.39, 0.29) is 47.7 Å². The number of benzene rings is 1. The lowest BCUT2D eigenvalue weighted by Crippen LogP contribution is -2.56. The number of piperidine rings is 1. The fourth-order valence-electron chi connectivity index (χ4n) is 5.18. The average Bonchev–Trinajstić information content (AvgIpc) is 3.48. The molecule has 258 valence electrons. The van der Waals surface area contributed by atoms with Gasteiger partial charge in [-0.25, -0.2) is 18.7 Å². The number of carbonyl (C=O) groups excluding carboxylic acids is 2. The smallest absolute Gasteiger partial charge is 0.328 e. The van der Waals surface area contributed by atoms with Crippen LogP contribution in [0.5, 0.6) is 0 Å². The molecule has 4 rings (SSSR count). The van der Waals surface area contributed by atoms with E-state index < -0.39 is 17.8 Å². The minimum atomic E-state index is -1.26. The van der Waals surface area contributed by atoms with Crippen LogP contribution in [0.25, 0.3) is 5.69 Å². The Bertz CT molecular complexity index is 1360. The molecule has 0 spiro atoms. The number of para-hydroxylation sites is 1. The summed E-state index contributed by atoms with van der Waals surface area (Å²) in [5.74, 6) is -3.30. The van der Waals surface area contributed by atoms with Gasteiger partial charge in [0.2, 0.25) is 5.91 Å². The summed E-state index contributed by atoms with van der Waals surface area (Å²) in [4.78, 5) is 50.1. The first kappa shape index (κ1) is 37.2. The molecule has 1 aromatic heterocycles. The minimum absolute atomic E-state index is 0.00233. The van der Waals surface area contributed by atoms with Crippen LogP contribution in [0, 0.1) is 17.7 Å². The standard InChI is InChI=1S/C27H39FN6O5.C4H4O4/c1-19(2)17-33(21-14-20(15-29-16-21)26(35)32-8-10-38-11-9-32)27(36)25-24(18-39-13-12-37-3)34(31-30-25)23-7-5-4-6-22(23)28;5-3(6)1-2-4(7)8/h4-7,19-21,29H,8-18H2,1-3H3;1-2H,(H,5,6)(H,7,8)/b;2-1+/t20-,21+;/m1./s1. The predicted octanol–water partition coefficient (Wildman–Crippen LogP) is 1.22. The Morgan fingerprint density at radius 2 is 1.79 bits per heavy atom. The molecule has 47 heavy (non-hydrogen) atoms. The van der Waals surface area contributed by atoms with Crippen LogP contribution in [-0.2, 0) is 35.2 Å². The molecule has 16 heteroatoms. The van der Waals surface area contributed by atoms with E-state index in [2.05, 4.69) is 15.6 Å². The number of hydrogen-bond donors (Lipinski definition) is 3. The predicted molar refractivity (Wildman–Crippen MR) is 165 cm³/mol. The Morgan fingerprint density at radius 3 is 2.40 bits per heavy atom. The third-order valence-corrected chi connectivity index (χ3v) is 7.35. The number of carbonyl (C=O) groups is 4. The maximum absolute atomic E-state index is 14.7. The highest BCUT2D eigenvalue weighted by atomic mass is 19.1. The Morgan fingerprint density at radius 1 is 1.11 bits per heavy atom. The highest BCUT2D eigenvalue weighted by Crippen LogP contribution is 2.24. The van der Waals surface area contributed by atoms with Crippen LogP contribution in [0.15, 0.2) is 36.4 Å². The fourth-order valence-corrected chi connectivity index (χ4v) is 5.18. The Labute approximate surface area is 272 Å². The van der Waals surface area contributed by atoms with E-state index >= 15 is 0 Å². The van der Waals surface area contributed by atoms with Gasteiger partial charge in [0.1, 0.15) is 17.2 Å². The monoisotopic (exact) mass is 662 g/mol. The highest BCUT2D eigenvalue weighted by Gasteiger charge is 2.37. The fraction of sp³-hybridized carbons (Fsp3) is 0.548. The van der Waals surface area contributed by atoms with Gasteiger partial charge >= 0.3 is 11.9 Å². The van der Waals surface area contributed by atoms with Crippen molar-refractivity contribution in [3.63, 3.8) is 0 Å². The molecule has 0 radical (unpaired) electrons. The van der Waals surface area contributed by atoms with Crippen LogP contribution in [-0.4, -0.2) is 131 Å². The Balaban J connectivity index is 0.000000665. The van der Waals surface area contributed by atoms with Gasteiger partial charge in [0, 0.05) is 58.0 Å². The number of carboxylic acids is 2. The van der Waals surface area contributed by atoms with Crippen molar-refractivity contribution in [2.75, 3.05) is 66.3 Å². The van der Waals surface area contributed by atoms with Gasteiger partial charge in [0.05, 0.1) is 39.0 Å². The van der Waals surface area contributed by atoms with Gasteiger partial charge in [-0.05, 0) is 24.5 Å². The molecule has 1 aromatic carbocycles. The molecule has 3 heterocycles. The molecule has 0 aliphatic carbocycles. The third kappa shape index (κ3) is 11.2. The highest BCUT2D eigenvalue weighted by molar-refractivity contribution is 5.94. The third-order valence-electron chi connectivity index (χ3n) is 7.35. The van der Waals surface area contributed by atoms with Gasteiger partial charge in [-0.3, -0.25) is 9.59 Å². The topological polar surface area (TPSA) is 186 Å². The van der Waals surface area contributed by atoms with Crippen LogP contribution >= 0.6 is 0 Å². The molecule has 3 N–H and O–H groups in total. The van der Waals surface area contributed by atoms with E-state index in [0.717, 1.165) is 0 Å². The molecule has 2 saturated heterocycles. The lowest BCUT2D eigenvalue weighted by atomic mass is 9.92. The number of nitrogens with one attached hydrogen (secondary N) is 1. The second-order valence-electron chi connectivity index (χ2n) is 11.3. The van der Waals surface area contributed by atoms with Gasteiger partial charge < -0.3 is 39.5 Å². The van der Waals surface area contributed by atoms with Crippen LogP contribution in [0.1, 0.15) is 36.5 Å². The van der Waals surface area contributed by atoms with Crippen molar-refractivity contribution in [1.82, 2.24) is 30.1 Å². The van der Waals surface area contributed by atoms with E-state index in [1.54, 1.807) is 30.2 Å². The largest absolute Gasteiger partial charge is 0.478 e. The van der Waals surface area contributed by atoms with Crippen molar-refractivity contribution in [2.45, 2.75) is 32.9 Å². The van der Waals surface area contributed by atoms with E-state index in [0.29, 0.717) is 83.4 Å². The number of ether oxygens (including phenoxy) is 3. The number of hydrogen-bond acceptors (Lipinski definition) is 10. The van der Waals surface area contributed by atoms with Crippen molar-refractivity contribution in [2.24, 2.45) is 11.8 Å². The van der Waals surface area contributed by atoms with Crippen molar-refractivity contribution in [3.05, 3.63) is 53.6 Å². The van der Waals surface area contributed by atoms with Crippen LogP contribution in [0.3, 0.4) is 0 Å². The summed E-state index contributed by atoms with van der Waals surface area (Å²) in [5.41, 5.74) is 0.651. The number of morpholine rings is 1. The summed E-state index contributed by atoms with van der Waals surface area (Å²) in [6, 6.07) is 5.98. The number of aliphatic carboxylic acids is 2. The molecule has 0 bridgehead atoms. The molecule has 2 aliphatic rings. The summed E-state index contributed by atoms with van der Waals surface area (Å²) in [5, 5.41) is 27.4. The molecular weight excluding hydrogens is 619 g/mol. The first-order valence-electron chi connectivity index (χ1n) is 15.3. The van der Waals surface area contributed by atoms with Gasteiger partial charge in [-0.2, -0.15) is 0 Å². The minimum Gasteiger partial charge on any atom is -0.478 e. The van der Waals surface area contributed by atoms with Crippen molar-refractivity contribution < 1.29 is 48.0 Å². The molecule has 2 atom stereocenters. The maximum Gasteiger partial charge on any atom is 0.328 e. The Kier molecular flexibility index (Phi) is 14.9. The lowest BCUT2D eigenvalue weighted by Gasteiger charge is -2.40. The number of carboxylic acid groups (broad SMARTS) is 2. The van der Waals surface area contributed by atoms with Gasteiger partial charge in [0.25, 0.3) is 5.91 Å². The van der Waals surface area contributed by atoms with Gasteiger partial charge in [-0.1, -0.05) is 31.2 Å². The summed E-state index contributed by atoms with van der Waals surface area (Å²) in [7, 11) is 1.57. The SMILES string of the molecule is COCCOCc1c(C(=O)N(CC(C)C)[C@@H]2CNC[C@H](C(=O)N3CCOCC3)C2)nnn1-c1ccccc1F.O=C(O)/C=C/C(=O)O. The number of nitrogens with zero attached hydrogens (tertiary/aromatic N) is 5. The summed E-state index contributed by atoms with van der Waals surface area (Å²) >= 11 is 0. The summed E-state index contributed by atoms with van der Waals surface area (Å²) < 4.78 is 32.2. The Hall–Kier alpha value is -4.25. The second-order valence-corrected chi connectivity index (χ2v) is 11.3. The molecule has 15 nitrogen and oxygen atoms in total. The number of halogens is 1. The lowest BCUT2D eigenvalue weighted by molar-refractivity contribution is -0.140. The van der Waals surface area contributed by atoms with Gasteiger partial charge in [-0.15, -0.1) is 5.10 Å². The molecule has 2 aromatic rings. The van der Waals surface area contributed by atoms with E-state index in [1.165, 1.54) is 10.7 Å². The van der Waals surface area contributed by atoms with Crippen LogP contribution < -0.4 is 5.32 Å². The molecule has 2 aliphatic heterocycles. The van der Waals surface area contributed by atoms with Crippen LogP contribution in [0.4, 0.5) is 4.39 Å². The van der Waals surface area contributed by atoms with Gasteiger partial charge in [0.15, 0.2) is 5.69 Å². The second kappa shape index (κ2) is 18.8. The van der Waals surface area contributed by atoms with E-state index in [4.69, 9.17) is 24.4 Å². The molecular formula is C31H43FN6O9. The van der Waals surface area contributed by atoms with Crippen molar-refractivity contribution >= 4 is 23.8 Å². The summed E-state index contributed by atoms with van der Waals surface area (Å²) in [6.45, 7) is 8.60. The zero-order valence-electron chi connectivity index (χ0n) is 26.8. The molecule has 2 amide bonds. The molecule has 2 fully saturated rings. The first-order valence-corrected chi connectivity index (χ1v) is 15.3. The van der Waals surface area contributed by atoms with E-state index in [9.17, 15) is 23.6 Å². The summed E-state index contributed by atoms with van der Waals surface area (Å²) in [6.07, 6.45) is 1.66. The number of amides is 2. The van der Waals surface area contributed by atoms with Crippen molar-refractivity contribution in [3.8, 4) is 5.69 Å².